The van der Waals surface area contributed by atoms with E-state index in [0.29, 0.717) is 4.47 Å². The number of hydrogen-bond acceptors (Lipinski definition) is 1. The molecule has 4 heteroatoms. The van der Waals surface area contributed by atoms with E-state index in [-0.39, 0.29) is 5.56 Å². The zero-order valence-electron chi connectivity index (χ0n) is 6.50. The number of aromatic nitrogens is 1. The third-order valence-electron chi connectivity index (χ3n) is 1.81. The average molecular weight is 303 g/mol. The molecule has 2 aromatic rings. The molecule has 0 bridgehead atoms. The van der Waals surface area contributed by atoms with Crippen molar-refractivity contribution in [1.82, 2.24) is 3.59 Å². The number of fused-ring (bicyclic) bond motifs is 1. The predicted octanol–water partition coefficient (Wildman–Crippen LogP) is 2.92. The minimum atomic E-state index is -0.0845. The Morgan fingerprint density at radius 1 is 1.23 bits per heavy atom. The monoisotopic (exact) mass is 301 g/mol. The summed E-state index contributed by atoms with van der Waals surface area (Å²) in [4.78, 5) is 11.5. The maximum Gasteiger partial charge on any atom is 0.275 e. The normalized spacial score (nSPS) is 10.6. The minimum absolute atomic E-state index is 0.0845. The van der Waals surface area contributed by atoms with Crippen LogP contribution in [0.2, 0.25) is 0 Å². The molecule has 0 atom stereocenters. The second-order valence-corrected chi connectivity index (χ2v) is 4.20. The molecule has 0 saturated carbocycles. The van der Waals surface area contributed by atoms with E-state index in [0.717, 1.165) is 10.9 Å². The Kier molecular flexibility index (Phi) is 2.26. The largest absolute Gasteiger partial charge is 0.275 e. The van der Waals surface area contributed by atoms with E-state index in [1.807, 2.05) is 30.3 Å². The minimum Gasteiger partial charge on any atom is -0.267 e. The summed E-state index contributed by atoms with van der Waals surface area (Å²) in [5, 5.41) is 1.02. The highest BCUT2D eigenvalue weighted by Gasteiger charge is 2.03. The molecule has 0 saturated heterocycles. The van der Waals surface area contributed by atoms with Gasteiger partial charge in [0, 0.05) is 5.39 Å². The topological polar surface area (TPSA) is 22.0 Å². The van der Waals surface area contributed by atoms with Crippen molar-refractivity contribution in [3.8, 4) is 0 Å². The third kappa shape index (κ3) is 1.44. The molecule has 1 aromatic heterocycles. The van der Waals surface area contributed by atoms with Gasteiger partial charge in [-0.1, -0.05) is 18.2 Å². The van der Waals surface area contributed by atoms with Gasteiger partial charge >= 0.3 is 0 Å². The Hall–Kier alpha value is -0.610. The lowest BCUT2D eigenvalue weighted by Crippen LogP contribution is -2.12. The number of rotatable bonds is 0. The van der Waals surface area contributed by atoms with Crippen molar-refractivity contribution < 1.29 is 0 Å². The fourth-order valence-corrected chi connectivity index (χ4v) is 2.37. The number of halogens is 2. The molecule has 0 fully saturated rings. The lowest BCUT2D eigenvalue weighted by atomic mass is 10.2. The molecule has 0 N–H and O–H groups in total. The van der Waals surface area contributed by atoms with Crippen molar-refractivity contribution in [2.24, 2.45) is 0 Å². The summed E-state index contributed by atoms with van der Waals surface area (Å²) in [6.45, 7) is 0. The summed E-state index contributed by atoms with van der Waals surface area (Å²) < 4.78 is 2.01. The molecule has 2 nitrogen and oxygen atoms in total. The lowest BCUT2D eigenvalue weighted by molar-refractivity contribution is 1.22. The highest BCUT2D eigenvalue weighted by atomic mass is 79.9. The molecule has 0 unspecified atom stereocenters. The second kappa shape index (κ2) is 3.27. The van der Waals surface area contributed by atoms with Crippen LogP contribution in [0.3, 0.4) is 0 Å². The second-order valence-electron chi connectivity index (χ2n) is 2.64. The number of para-hydroxylation sites is 1. The van der Waals surface area contributed by atoms with E-state index in [1.54, 1.807) is 0 Å². The Morgan fingerprint density at radius 3 is 2.69 bits per heavy atom. The zero-order valence-corrected chi connectivity index (χ0v) is 9.67. The number of benzene rings is 1. The molecular formula is C9H5Br2NO. The molecule has 1 heterocycles. The van der Waals surface area contributed by atoms with Gasteiger partial charge in [0.25, 0.3) is 5.56 Å². The van der Waals surface area contributed by atoms with Gasteiger partial charge < -0.3 is 0 Å². The van der Waals surface area contributed by atoms with Gasteiger partial charge in [-0.2, -0.15) is 0 Å². The van der Waals surface area contributed by atoms with Crippen LogP contribution in [0, 0.1) is 0 Å². The Bertz CT molecular complexity index is 518. The van der Waals surface area contributed by atoms with Crippen LogP contribution in [0.4, 0.5) is 0 Å². The zero-order chi connectivity index (χ0) is 9.42. The summed E-state index contributed by atoms with van der Waals surface area (Å²) in [6.07, 6.45) is 0. The number of pyridine rings is 1. The van der Waals surface area contributed by atoms with E-state index in [4.69, 9.17) is 0 Å². The molecular weight excluding hydrogens is 298 g/mol. The molecule has 13 heavy (non-hydrogen) atoms. The van der Waals surface area contributed by atoms with Crippen LogP contribution in [0.1, 0.15) is 0 Å². The van der Waals surface area contributed by atoms with E-state index >= 15 is 0 Å². The van der Waals surface area contributed by atoms with Crippen LogP contribution in [-0.2, 0) is 0 Å². The van der Waals surface area contributed by atoms with Crippen LogP contribution >= 0.6 is 32.1 Å². The van der Waals surface area contributed by atoms with E-state index < -0.39 is 0 Å². The number of nitrogens with zero attached hydrogens (tertiary/aromatic N) is 1. The van der Waals surface area contributed by atoms with Gasteiger partial charge in [-0.25, -0.2) is 3.59 Å². The van der Waals surface area contributed by atoms with E-state index in [9.17, 15) is 4.79 Å². The van der Waals surface area contributed by atoms with Gasteiger partial charge in [-0.05, 0) is 28.1 Å². The van der Waals surface area contributed by atoms with E-state index in [2.05, 4.69) is 32.1 Å². The van der Waals surface area contributed by atoms with Gasteiger partial charge in [-0.15, -0.1) is 0 Å². The van der Waals surface area contributed by atoms with Crippen molar-refractivity contribution in [2.75, 3.05) is 0 Å². The quantitative estimate of drug-likeness (QED) is 0.733. The summed E-state index contributed by atoms with van der Waals surface area (Å²) in [5.41, 5.74) is 0.786. The van der Waals surface area contributed by atoms with Gasteiger partial charge in [0.1, 0.15) is 0 Å². The molecule has 0 aliphatic heterocycles. The molecule has 0 aliphatic rings. The van der Waals surface area contributed by atoms with Crippen molar-refractivity contribution in [2.45, 2.75) is 0 Å². The summed E-state index contributed by atoms with van der Waals surface area (Å²) in [6, 6.07) is 9.49. The maximum atomic E-state index is 11.5. The first kappa shape index (κ1) is 8.97. The Balaban J connectivity index is 3.02. The molecule has 0 aliphatic carbocycles. The van der Waals surface area contributed by atoms with Crippen molar-refractivity contribution >= 4 is 43.0 Å². The van der Waals surface area contributed by atoms with Crippen LogP contribution in [0.15, 0.2) is 39.6 Å². The lowest BCUT2D eigenvalue weighted by Gasteiger charge is -2.02. The summed E-state index contributed by atoms with van der Waals surface area (Å²) >= 11 is 6.41. The SMILES string of the molecule is O=c1c(Br)cc2ccccc2n1Br. The van der Waals surface area contributed by atoms with Crippen molar-refractivity contribution in [3.05, 3.63) is 45.2 Å². The molecule has 66 valence electrons. The standard InChI is InChI=1S/C9H5Br2NO/c10-7-5-6-3-1-2-4-8(6)12(11)9(7)13/h1-5H. The average Bonchev–Trinajstić information content (AvgIpc) is 2.15. The van der Waals surface area contributed by atoms with Gasteiger partial charge in [0.05, 0.1) is 26.1 Å². The first-order chi connectivity index (χ1) is 6.20. The fourth-order valence-electron chi connectivity index (χ4n) is 1.19. The summed E-state index contributed by atoms with van der Waals surface area (Å²) in [5.74, 6) is 0. The third-order valence-corrected chi connectivity index (χ3v) is 3.09. The van der Waals surface area contributed by atoms with Crippen LogP contribution in [-0.4, -0.2) is 3.59 Å². The maximum absolute atomic E-state index is 11.5. The Labute approximate surface area is 91.6 Å². The summed E-state index contributed by atoms with van der Waals surface area (Å²) in [7, 11) is 0. The molecule has 0 spiro atoms. The van der Waals surface area contributed by atoms with Crippen molar-refractivity contribution in [1.29, 1.82) is 0 Å². The van der Waals surface area contributed by atoms with Crippen molar-refractivity contribution in [3.63, 3.8) is 0 Å². The van der Waals surface area contributed by atoms with Crippen LogP contribution < -0.4 is 5.56 Å². The first-order valence-corrected chi connectivity index (χ1v) is 5.17. The molecule has 1 aromatic carbocycles. The van der Waals surface area contributed by atoms with Crippen LogP contribution in [0.25, 0.3) is 10.9 Å². The Morgan fingerprint density at radius 2 is 1.92 bits per heavy atom. The highest BCUT2D eigenvalue weighted by molar-refractivity contribution is 9.10. The van der Waals surface area contributed by atoms with Crippen LogP contribution in [0.5, 0.6) is 0 Å². The van der Waals surface area contributed by atoms with Gasteiger partial charge in [0.15, 0.2) is 0 Å². The highest BCUT2D eigenvalue weighted by Crippen LogP contribution is 2.17. The fraction of sp³-hybridized carbons (Fsp3) is 0. The molecule has 0 amide bonds. The predicted molar refractivity (Wildman–Crippen MR) is 60.2 cm³/mol. The number of hydrogen-bond donors (Lipinski definition) is 0. The van der Waals surface area contributed by atoms with Gasteiger partial charge in [-0.3, -0.25) is 4.79 Å². The molecule has 2 rings (SSSR count). The first-order valence-electron chi connectivity index (χ1n) is 3.66. The smallest absolute Gasteiger partial charge is 0.267 e. The molecule has 0 radical (unpaired) electrons. The van der Waals surface area contributed by atoms with Gasteiger partial charge in [0.2, 0.25) is 0 Å². The van der Waals surface area contributed by atoms with E-state index in [1.165, 1.54) is 3.59 Å².